The topological polar surface area (TPSA) is 35.0 Å². The van der Waals surface area contributed by atoms with E-state index in [-0.39, 0.29) is 6.10 Å². The molecule has 1 aromatic rings. The van der Waals surface area contributed by atoms with E-state index in [1.807, 2.05) is 23.5 Å². The number of rotatable bonds is 1. The van der Waals surface area contributed by atoms with Gasteiger partial charge >= 0.3 is 0 Å². The molecule has 0 saturated carbocycles. The SMILES string of the molecule is Clc1nc(C2CSCCO2)nc2c1CSC2. The van der Waals surface area contributed by atoms with Gasteiger partial charge in [-0.3, -0.25) is 0 Å². The van der Waals surface area contributed by atoms with Gasteiger partial charge in [0.1, 0.15) is 11.3 Å². The predicted octanol–water partition coefficient (Wildman–Crippen LogP) is 2.68. The largest absolute Gasteiger partial charge is 0.368 e. The van der Waals surface area contributed by atoms with Crippen LogP contribution in [-0.4, -0.2) is 28.1 Å². The smallest absolute Gasteiger partial charge is 0.159 e. The lowest BCUT2D eigenvalue weighted by atomic mass is 10.2. The van der Waals surface area contributed by atoms with Gasteiger partial charge in [-0.1, -0.05) is 11.6 Å². The Bertz CT molecular complexity index is 410. The predicted molar refractivity (Wildman–Crippen MR) is 68.1 cm³/mol. The highest BCUT2D eigenvalue weighted by Crippen LogP contribution is 2.34. The van der Waals surface area contributed by atoms with Gasteiger partial charge in [-0.2, -0.15) is 23.5 Å². The minimum absolute atomic E-state index is 0.0205. The van der Waals surface area contributed by atoms with Crippen molar-refractivity contribution in [3.63, 3.8) is 0 Å². The number of hydrogen-bond donors (Lipinski definition) is 0. The quantitative estimate of drug-likeness (QED) is 0.736. The van der Waals surface area contributed by atoms with Gasteiger partial charge < -0.3 is 4.74 Å². The molecule has 1 unspecified atom stereocenters. The maximum atomic E-state index is 6.17. The summed E-state index contributed by atoms with van der Waals surface area (Å²) in [4.78, 5) is 8.95. The molecule has 0 N–H and O–H groups in total. The monoisotopic (exact) mass is 274 g/mol. The van der Waals surface area contributed by atoms with E-state index in [1.165, 1.54) is 0 Å². The van der Waals surface area contributed by atoms with Crippen molar-refractivity contribution in [1.29, 1.82) is 0 Å². The Kier molecular flexibility index (Phi) is 3.29. The fraction of sp³-hybridized carbons (Fsp3) is 0.600. The second-order valence-electron chi connectivity index (χ2n) is 3.73. The first kappa shape index (κ1) is 11.1. The zero-order valence-electron chi connectivity index (χ0n) is 8.61. The third-order valence-electron chi connectivity index (χ3n) is 2.65. The van der Waals surface area contributed by atoms with Crippen molar-refractivity contribution in [2.45, 2.75) is 17.6 Å². The van der Waals surface area contributed by atoms with Gasteiger partial charge in [-0.15, -0.1) is 0 Å². The Labute approximate surface area is 108 Å². The van der Waals surface area contributed by atoms with Gasteiger partial charge in [0.25, 0.3) is 0 Å². The Balaban J connectivity index is 1.92. The molecule has 3 nitrogen and oxygen atoms in total. The lowest BCUT2D eigenvalue weighted by Gasteiger charge is -2.21. The summed E-state index contributed by atoms with van der Waals surface area (Å²) in [6, 6.07) is 0. The number of hydrogen-bond acceptors (Lipinski definition) is 5. The molecule has 0 aromatic carbocycles. The van der Waals surface area contributed by atoms with Crippen molar-refractivity contribution in [2.75, 3.05) is 18.1 Å². The molecule has 16 heavy (non-hydrogen) atoms. The van der Waals surface area contributed by atoms with Crippen molar-refractivity contribution >= 4 is 35.1 Å². The van der Waals surface area contributed by atoms with Gasteiger partial charge in [0, 0.05) is 28.6 Å². The maximum Gasteiger partial charge on any atom is 0.159 e. The van der Waals surface area contributed by atoms with Crippen LogP contribution in [0.25, 0.3) is 0 Å². The van der Waals surface area contributed by atoms with Gasteiger partial charge in [-0.05, 0) is 0 Å². The van der Waals surface area contributed by atoms with Crippen molar-refractivity contribution in [2.24, 2.45) is 0 Å². The van der Waals surface area contributed by atoms with Crippen molar-refractivity contribution in [3.8, 4) is 0 Å². The Morgan fingerprint density at radius 3 is 3.00 bits per heavy atom. The third-order valence-corrected chi connectivity index (χ3v) is 4.93. The first-order chi connectivity index (χ1) is 7.84. The molecule has 1 saturated heterocycles. The molecule has 0 aliphatic carbocycles. The highest BCUT2D eigenvalue weighted by atomic mass is 35.5. The summed E-state index contributed by atoms with van der Waals surface area (Å²) in [6.45, 7) is 0.780. The minimum Gasteiger partial charge on any atom is -0.368 e. The number of thioether (sulfide) groups is 2. The summed E-state index contributed by atoms with van der Waals surface area (Å²) in [5, 5.41) is 0.615. The van der Waals surface area contributed by atoms with E-state index in [4.69, 9.17) is 16.3 Å². The first-order valence-electron chi connectivity index (χ1n) is 5.17. The summed E-state index contributed by atoms with van der Waals surface area (Å²) < 4.78 is 5.67. The second-order valence-corrected chi connectivity index (χ2v) is 6.22. The summed E-state index contributed by atoms with van der Waals surface area (Å²) in [6.07, 6.45) is 0.0205. The maximum absolute atomic E-state index is 6.17. The molecule has 3 rings (SSSR count). The van der Waals surface area contributed by atoms with Crippen molar-refractivity contribution in [1.82, 2.24) is 9.97 Å². The van der Waals surface area contributed by atoms with Crippen LogP contribution in [0.4, 0.5) is 0 Å². The fourth-order valence-corrected chi connectivity index (χ4v) is 4.03. The lowest BCUT2D eigenvalue weighted by Crippen LogP contribution is -2.19. The number of nitrogens with zero attached hydrogens (tertiary/aromatic N) is 2. The highest BCUT2D eigenvalue weighted by Gasteiger charge is 2.24. The van der Waals surface area contributed by atoms with E-state index in [9.17, 15) is 0 Å². The van der Waals surface area contributed by atoms with Crippen LogP contribution >= 0.6 is 35.1 Å². The van der Waals surface area contributed by atoms with E-state index in [0.29, 0.717) is 5.15 Å². The number of aromatic nitrogens is 2. The van der Waals surface area contributed by atoms with E-state index >= 15 is 0 Å². The molecular formula is C10H11ClN2OS2. The summed E-state index contributed by atoms with van der Waals surface area (Å²) in [5.41, 5.74) is 2.21. The minimum atomic E-state index is 0.0205. The van der Waals surface area contributed by atoms with Gasteiger partial charge in [-0.25, -0.2) is 9.97 Å². The highest BCUT2D eigenvalue weighted by molar-refractivity contribution is 7.99. The average molecular weight is 275 g/mol. The molecule has 2 aliphatic heterocycles. The molecule has 1 aromatic heterocycles. The standard InChI is InChI=1S/C10H11ClN2OS2/c11-9-6-3-16-4-7(6)12-10(13-9)8-5-15-2-1-14-8/h8H,1-5H2. The van der Waals surface area contributed by atoms with E-state index in [0.717, 1.165) is 46.7 Å². The second kappa shape index (κ2) is 4.72. The average Bonchev–Trinajstić information content (AvgIpc) is 2.79. The Hall–Kier alpha value is 0.0300. The molecule has 0 radical (unpaired) electrons. The molecule has 0 amide bonds. The van der Waals surface area contributed by atoms with Crippen LogP contribution in [-0.2, 0) is 16.2 Å². The molecule has 1 fully saturated rings. The van der Waals surface area contributed by atoms with Crippen LogP contribution in [0.2, 0.25) is 5.15 Å². The summed E-state index contributed by atoms with van der Waals surface area (Å²) in [5.74, 6) is 4.64. The fourth-order valence-electron chi connectivity index (χ4n) is 1.81. The van der Waals surface area contributed by atoms with Gasteiger partial charge in [0.15, 0.2) is 5.82 Å². The van der Waals surface area contributed by atoms with Gasteiger partial charge in [0.2, 0.25) is 0 Å². The van der Waals surface area contributed by atoms with Crippen LogP contribution in [0.5, 0.6) is 0 Å². The van der Waals surface area contributed by atoms with Crippen LogP contribution < -0.4 is 0 Å². The number of ether oxygens (including phenoxy) is 1. The van der Waals surface area contributed by atoms with E-state index in [1.54, 1.807) is 0 Å². The molecule has 0 bridgehead atoms. The van der Waals surface area contributed by atoms with Crippen LogP contribution in [0, 0.1) is 0 Å². The summed E-state index contributed by atoms with van der Waals surface area (Å²) >= 11 is 9.89. The van der Waals surface area contributed by atoms with Crippen LogP contribution in [0.15, 0.2) is 0 Å². The van der Waals surface area contributed by atoms with Crippen LogP contribution in [0.1, 0.15) is 23.2 Å². The van der Waals surface area contributed by atoms with Crippen LogP contribution in [0.3, 0.4) is 0 Å². The van der Waals surface area contributed by atoms with E-state index < -0.39 is 0 Å². The molecule has 3 heterocycles. The van der Waals surface area contributed by atoms with Crippen molar-refractivity contribution in [3.05, 3.63) is 22.2 Å². The zero-order valence-corrected chi connectivity index (χ0v) is 11.0. The number of halogens is 1. The Morgan fingerprint density at radius 1 is 1.25 bits per heavy atom. The molecule has 0 spiro atoms. The lowest BCUT2D eigenvalue weighted by molar-refractivity contribution is 0.0693. The van der Waals surface area contributed by atoms with Crippen molar-refractivity contribution < 1.29 is 4.74 Å². The molecule has 1 atom stereocenters. The van der Waals surface area contributed by atoms with E-state index in [2.05, 4.69) is 9.97 Å². The summed E-state index contributed by atoms with van der Waals surface area (Å²) in [7, 11) is 0. The normalized spacial score (nSPS) is 24.4. The van der Waals surface area contributed by atoms with Gasteiger partial charge in [0.05, 0.1) is 12.3 Å². The molecule has 6 heteroatoms. The molecule has 2 aliphatic rings. The molecular weight excluding hydrogens is 264 g/mol. The zero-order chi connectivity index (χ0) is 11.0. The Morgan fingerprint density at radius 2 is 2.19 bits per heavy atom. The molecule has 86 valence electrons. The third kappa shape index (κ3) is 2.06. The first-order valence-corrected chi connectivity index (χ1v) is 7.85. The number of fused-ring (bicyclic) bond motifs is 1.